The van der Waals surface area contributed by atoms with Crippen molar-refractivity contribution in [1.29, 1.82) is 0 Å². The normalized spacial score (nSPS) is 15.8. The minimum Gasteiger partial charge on any atom is -0.489 e. The number of nitrogens with zero attached hydrogens (tertiary/aromatic N) is 1. The Morgan fingerprint density at radius 3 is 2.41 bits per heavy atom. The molecule has 0 aliphatic carbocycles. The van der Waals surface area contributed by atoms with Crippen LogP contribution in [0.2, 0.25) is 0 Å². The molecule has 4 nitrogen and oxygen atoms in total. The Labute approximate surface area is 174 Å². The molecule has 2 aromatic carbocycles. The molecule has 2 aromatic rings. The predicted molar refractivity (Wildman–Crippen MR) is 116 cm³/mol. The van der Waals surface area contributed by atoms with Gasteiger partial charge in [0.1, 0.15) is 12.4 Å². The van der Waals surface area contributed by atoms with Crippen LogP contribution in [-0.2, 0) is 24.3 Å². The lowest BCUT2D eigenvalue weighted by atomic mass is 9.92. The fraction of sp³-hybridized carbons (Fsp3) is 0.480. The van der Waals surface area contributed by atoms with Crippen molar-refractivity contribution >= 4 is 5.78 Å². The molecule has 29 heavy (non-hydrogen) atoms. The number of hydrogen-bond donors (Lipinski definition) is 0. The first-order valence-corrected chi connectivity index (χ1v) is 10.8. The molecule has 0 spiro atoms. The van der Waals surface area contributed by atoms with Crippen LogP contribution in [0.1, 0.15) is 54.2 Å². The largest absolute Gasteiger partial charge is 0.489 e. The van der Waals surface area contributed by atoms with E-state index in [1.165, 1.54) is 5.56 Å². The van der Waals surface area contributed by atoms with Crippen LogP contribution in [0.4, 0.5) is 0 Å². The molecule has 1 unspecified atom stereocenters. The van der Waals surface area contributed by atoms with Gasteiger partial charge in [0.25, 0.3) is 0 Å². The monoisotopic (exact) mass is 395 g/mol. The summed E-state index contributed by atoms with van der Waals surface area (Å²) in [6.45, 7) is 11.2. The summed E-state index contributed by atoms with van der Waals surface area (Å²) in [5, 5.41) is 0. The molecule has 1 aliphatic rings. The molecule has 1 atom stereocenters. The van der Waals surface area contributed by atoms with Crippen molar-refractivity contribution in [2.45, 2.75) is 46.8 Å². The molecule has 0 radical (unpaired) electrons. The third-order valence-corrected chi connectivity index (χ3v) is 5.74. The van der Waals surface area contributed by atoms with E-state index in [0.29, 0.717) is 6.61 Å². The standard InChI is InChI=1S/C25H33NO3/c1-4-19(3)25(27)23-7-6-8-24(22(23)5-2)29-18-21-11-9-20(10-12-21)17-26-13-15-28-16-14-26/h6-12,19H,4-5,13-18H2,1-3H3. The molecule has 156 valence electrons. The summed E-state index contributed by atoms with van der Waals surface area (Å²) in [4.78, 5) is 15.1. The van der Waals surface area contributed by atoms with Gasteiger partial charge in [-0.2, -0.15) is 0 Å². The topological polar surface area (TPSA) is 38.8 Å². The summed E-state index contributed by atoms with van der Waals surface area (Å²) in [6, 6.07) is 14.5. The molecule has 3 rings (SSSR count). The fourth-order valence-corrected chi connectivity index (χ4v) is 3.67. The Morgan fingerprint density at radius 1 is 1.07 bits per heavy atom. The summed E-state index contributed by atoms with van der Waals surface area (Å²) in [5.41, 5.74) is 4.27. The van der Waals surface area contributed by atoms with Crippen molar-refractivity contribution in [2.75, 3.05) is 26.3 Å². The highest BCUT2D eigenvalue weighted by molar-refractivity contribution is 5.99. The summed E-state index contributed by atoms with van der Waals surface area (Å²) in [7, 11) is 0. The van der Waals surface area contributed by atoms with Gasteiger partial charge in [0, 0.05) is 36.7 Å². The zero-order chi connectivity index (χ0) is 20.6. The number of carbonyl (C=O) groups is 1. The van der Waals surface area contributed by atoms with Crippen molar-refractivity contribution in [3.8, 4) is 5.75 Å². The highest BCUT2D eigenvalue weighted by atomic mass is 16.5. The van der Waals surface area contributed by atoms with Crippen molar-refractivity contribution < 1.29 is 14.3 Å². The molecular formula is C25H33NO3. The Hall–Kier alpha value is -2.17. The zero-order valence-electron chi connectivity index (χ0n) is 17.9. The SMILES string of the molecule is CCc1c(OCc2ccc(CN3CCOCC3)cc2)cccc1C(=O)C(C)CC. The van der Waals surface area contributed by atoms with Gasteiger partial charge < -0.3 is 9.47 Å². The van der Waals surface area contributed by atoms with E-state index in [9.17, 15) is 4.79 Å². The van der Waals surface area contributed by atoms with Crippen molar-refractivity contribution in [3.05, 3.63) is 64.7 Å². The van der Waals surface area contributed by atoms with Gasteiger partial charge in [-0.1, -0.05) is 57.2 Å². The summed E-state index contributed by atoms with van der Waals surface area (Å²) in [5.74, 6) is 1.07. The molecule has 1 fully saturated rings. The third kappa shape index (κ3) is 5.68. The van der Waals surface area contributed by atoms with Gasteiger partial charge in [0.05, 0.1) is 13.2 Å². The number of carbonyl (C=O) groups excluding carboxylic acids is 1. The van der Waals surface area contributed by atoms with Crippen LogP contribution < -0.4 is 4.74 Å². The average Bonchev–Trinajstić information content (AvgIpc) is 2.78. The second kappa shape index (κ2) is 10.6. The summed E-state index contributed by atoms with van der Waals surface area (Å²) < 4.78 is 11.5. The lowest BCUT2D eigenvalue weighted by Crippen LogP contribution is -2.35. The van der Waals surface area contributed by atoms with Gasteiger partial charge in [0.2, 0.25) is 0 Å². The highest BCUT2D eigenvalue weighted by Gasteiger charge is 2.19. The van der Waals surface area contributed by atoms with Gasteiger partial charge in [0.15, 0.2) is 5.78 Å². The van der Waals surface area contributed by atoms with Crippen LogP contribution in [0, 0.1) is 5.92 Å². The van der Waals surface area contributed by atoms with Crippen LogP contribution in [0.25, 0.3) is 0 Å². The second-order valence-electron chi connectivity index (χ2n) is 7.80. The van der Waals surface area contributed by atoms with E-state index < -0.39 is 0 Å². The molecular weight excluding hydrogens is 362 g/mol. The maximum Gasteiger partial charge on any atom is 0.166 e. The number of ketones is 1. The number of morpholine rings is 1. The van der Waals surface area contributed by atoms with Gasteiger partial charge in [-0.05, 0) is 30.0 Å². The minimum atomic E-state index is 0.0366. The van der Waals surface area contributed by atoms with E-state index in [1.807, 2.05) is 25.1 Å². The lowest BCUT2D eigenvalue weighted by molar-refractivity contribution is 0.0342. The first kappa shape index (κ1) is 21.5. The van der Waals surface area contributed by atoms with Gasteiger partial charge in [-0.15, -0.1) is 0 Å². The smallest absolute Gasteiger partial charge is 0.166 e. The van der Waals surface area contributed by atoms with E-state index in [2.05, 4.69) is 43.0 Å². The Kier molecular flexibility index (Phi) is 7.84. The maximum atomic E-state index is 12.7. The van der Waals surface area contributed by atoms with Crippen LogP contribution in [0.3, 0.4) is 0 Å². The molecule has 0 N–H and O–H groups in total. The molecule has 1 saturated heterocycles. The summed E-state index contributed by atoms with van der Waals surface area (Å²) >= 11 is 0. The molecule has 0 amide bonds. The zero-order valence-corrected chi connectivity index (χ0v) is 17.9. The third-order valence-electron chi connectivity index (χ3n) is 5.74. The number of benzene rings is 2. The van der Waals surface area contributed by atoms with Crippen molar-refractivity contribution in [2.24, 2.45) is 5.92 Å². The Bertz CT molecular complexity index is 794. The highest BCUT2D eigenvalue weighted by Crippen LogP contribution is 2.27. The van der Waals surface area contributed by atoms with Crippen molar-refractivity contribution in [1.82, 2.24) is 4.90 Å². The van der Waals surface area contributed by atoms with Crippen LogP contribution in [0.15, 0.2) is 42.5 Å². The van der Waals surface area contributed by atoms with Gasteiger partial charge >= 0.3 is 0 Å². The first-order chi connectivity index (χ1) is 14.1. The Balaban J connectivity index is 1.64. The maximum absolute atomic E-state index is 12.7. The molecule has 0 aromatic heterocycles. The Morgan fingerprint density at radius 2 is 1.76 bits per heavy atom. The van der Waals surface area contributed by atoms with Crippen molar-refractivity contribution in [3.63, 3.8) is 0 Å². The first-order valence-electron chi connectivity index (χ1n) is 10.8. The van der Waals surface area contributed by atoms with E-state index >= 15 is 0 Å². The van der Waals surface area contributed by atoms with Crippen LogP contribution in [-0.4, -0.2) is 37.0 Å². The minimum absolute atomic E-state index is 0.0366. The van der Waals surface area contributed by atoms with Gasteiger partial charge in [-0.25, -0.2) is 0 Å². The molecule has 0 bridgehead atoms. The van der Waals surface area contributed by atoms with E-state index in [-0.39, 0.29) is 11.7 Å². The molecule has 0 saturated carbocycles. The number of rotatable bonds is 9. The van der Waals surface area contributed by atoms with E-state index in [1.54, 1.807) is 0 Å². The fourth-order valence-electron chi connectivity index (χ4n) is 3.67. The van der Waals surface area contributed by atoms with Crippen LogP contribution in [0.5, 0.6) is 5.75 Å². The number of Topliss-reactive ketones (excluding diaryl/α,β-unsaturated/α-hetero) is 1. The second-order valence-corrected chi connectivity index (χ2v) is 7.80. The van der Waals surface area contributed by atoms with E-state index in [0.717, 1.165) is 68.1 Å². The average molecular weight is 396 g/mol. The van der Waals surface area contributed by atoms with Crippen LogP contribution >= 0.6 is 0 Å². The molecule has 1 aliphatic heterocycles. The molecule has 4 heteroatoms. The lowest BCUT2D eigenvalue weighted by Gasteiger charge is -2.26. The summed E-state index contributed by atoms with van der Waals surface area (Å²) in [6.07, 6.45) is 1.63. The number of ether oxygens (including phenoxy) is 2. The number of hydrogen-bond acceptors (Lipinski definition) is 4. The quantitative estimate of drug-likeness (QED) is 0.567. The van der Waals surface area contributed by atoms with Gasteiger partial charge in [-0.3, -0.25) is 9.69 Å². The predicted octanol–water partition coefficient (Wildman–Crippen LogP) is 4.89. The van der Waals surface area contributed by atoms with E-state index in [4.69, 9.17) is 9.47 Å². The molecule has 1 heterocycles.